The van der Waals surface area contributed by atoms with Crippen LogP contribution in [0.3, 0.4) is 0 Å². The Hall–Kier alpha value is -0.260. The predicted octanol–water partition coefficient (Wildman–Crippen LogP) is 5.09. The topological polar surface area (TPSA) is 0 Å². The molecule has 0 aliphatic heterocycles. The van der Waals surface area contributed by atoms with E-state index in [1.54, 1.807) is 5.57 Å². The van der Waals surface area contributed by atoms with Crippen molar-refractivity contribution in [2.75, 3.05) is 0 Å². The Morgan fingerprint density at radius 1 is 1.21 bits per heavy atom. The lowest BCUT2D eigenvalue weighted by Gasteiger charge is -2.15. The van der Waals surface area contributed by atoms with Crippen molar-refractivity contribution in [1.29, 1.82) is 0 Å². The number of allylic oxidation sites excluding steroid dienone is 2. The second-order valence-corrected chi connectivity index (χ2v) is 4.68. The molecule has 0 heterocycles. The van der Waals surface area contributed by atoms with Crippen LogP contribution in [0.5, 0.6) is 0 Å². The van der Waals surface area contributed by atoms with Gasteiger partial charge in [-0.1, -0.05) is 44.8 Å². The van der Waals surface area contributed by atoms with Gasteiger partial charge in [-0.2, -0.15) is 0 Å². The van der Waals surface area contributed by atoms with Crippen LogP contribution in [0, 0.1) is 5.92 Å². The van der Waals surface area contributed by atoms with Crippen LogP contribution in [0.1, 0.15) is 71.6 Å². The molecular weight excluding hydrogens is 168 g/mol. The second kappa shape index (κ2) is 7.09. The number of hydrogen-bond acceptors (Lipinski definition) is 0. The summed E-state index contributed by atoms with van der Waals surface area (Å²) in [5.74, 6) is 0.985. The molecular formula is C14H26. The van der Waals surface area contributed by atoms with E-state index in [1.165, 1.54) is 57.8 Å². The summed E-state index contributed by atoms with van der Waals surface area (Å²) in [4.78, 5) is 0. The summed E-state index contributed by atoms with van der Waals surface area (Å²) in [5.41, 5.74) is 1.75. The summed E-state index contributed by atoms with van der Waals surface area (Å²) in [5, 5.41) is 0. The van der Waals surface area contributed by atoms with E-state index in [1.807, 2.05) is 0 Å². The second-order valence-electron chi connectivity index (χ2n) is 4.68. The van der Waals surface area contributed by atoms with Crippen LogP contribution in [0.25, 0.3) is 0 Å². The van der Waals surface area contributed by atoms with Crippen LogP contribution >= 0.6 is 0 Å². The Bertz CT molecular complexity index is 163. The third-order valence-corrected chi connectivity index (χ3v) is 3.65. The average molecular weight is 194 g/mol. The summed E-state index contributed by atoms with van der Waals surface area (Å²) in [6, 6.07) is 0. The molecule has 0 N–H and O–H groups in total. The van der Waals surface area contributed by atoms with E-state index in [0.717, 1.165) is 5.92 Å². The van der Waals surface area contributed by atoms with Gasteiger partial charge in [0, 0.05) is 0 Å². The number of hydrogen-bond donors (Lipinski definition) is 0. The lowest BCUT2D eigenvalue weighted by atomic mass is 9.91. The first-order chi connectivity index (χ1) is 6.86. The highest BCUT2D eigenvalue weighted by Gasteiger charge is 2.06. The summed E-state index contributed by atoms with van der Waals surface area (Å²) >= 11 is 0. The molecule has 0 heteroatoms. The minimum Gasteiger partial charge on any atom is -0.0853 e. The minimum atomic E-state index is 0.985. The molecule has 0 atom stereocenters. The Kier molecular flexibility index (Phi) is 5.98. The SMILES string of the molecule is CCC(CC)CCCC1=CCCCC1. The first-order valence-electron chi connectivity index (χ1n) is 6.54. The molecule has 0 nitrogen and oxygen atoms in total. The van der Waals surface area contributed by atoms with Crippen molar-refractivity contribution in [3.8, 4) is 0 Å². The zero-order valence-electron chi connectivity index (χ0n) is 10.0. The molecule has 0 spiro atoms. The smallest absolute Gasteiger partial charge is 0.0320 e. The Morgan fingerprint density at radius 2 is 2.00 bits per heavy atom. The molecule has 0 bridgehead atoms. The summed E-state index contributed by atoms with van der Waals surface area (Å²) < 4.78 is 0. The molecule has 0 saturated heterocycles. The molecule has 82 valence electrons. The first-order valence-corrected chi connectivity index (χ1v) is 6.54. The normalized spacial score (nSPS) is 17.2. The molecule has 1 aliphatic rings. The van der Waals surface area contributed by atoms with E-state index in [9.17, 15) is 0 Å². The van der Waals surface area contributed by atoms with Crippen LogP contribution in [-0.4, -0.2) is 0 Å². The van der Waals surface area contributed by atoms with Crippen LogP contribution in [-0.2, 0) is 0 Å². The van der Waals surface area contributed by atoms with Crippen molar-refractivity contribution >= 4 is 0 Å². The lowest BCUT2D eigenvalue weighted by molar-refractivity contribution is 0.438. The minimum absolute atomic E-state index is 0.985. The van der Waals surface area contributed by atoms with Crippen LogP contribution in [0.4, 0.5) is 0 Å². The fourth-order valence-corrected chi connectivity index (χ4v) is 2.45. The fraction of sp³-hybridized carbons (Fsp3) is 0.857. The van der Waals surface area contributed by atoms with E-state index in [4.69, 9.17) is 0 Å². The van der Waals surface area contributed by atoms with Gasteiger partial charge < -0.3 is 0 Å². The first kappa shape index (κ1) is 11.8. The predicted molar refractivity (Wildman–Crippen MR) is 64.5 cm³/mol. The van der Waals surface area contributed by atoms with E-state index in [0.29, 0.717) is 0 Å². The molecule has 0 aromatic heterocycles. The van der Waals surface area contributed by atoms with Gasteiger partial charge in [-0.15, -0.1) is 0 Å². The zero-order valence-corrected chi connectivity index (χ0v) is 10.0. The van der Waals surface area contributed by atoms with Gasteiger partial charge in [0.2, 0.25) is 0 Å². The van der Waals surface area contributed by atoms with Crippen LogP contribution in [0.15, 0.2) is 11.6 Å². The zero-order chi connectivity index (χ0) is 10.2. The summed E-state index contributed by atoms with van der Waals surface area (Å²) in [6.45, 7) is 4.65. The average Bonchev–Trinajstić information content (AvgIpc) is 2.26. The van der Waals surface area contributed by atoms with Gasteiger partial charge in [0.15, 0.2) is 0 Å². The molecule has 14 heavy (non-hydrogen) atoms. The third kappa shape index (κ3) is 4.30. The Balaban J connectivity index is 2.10. The highest BCUT2D eigenvalue weighted by atomic mass is 14.1. The van der Waals surface area contributed by atoms with Crippen LogP contribution < -0.4 is 0 Å². The molecule has 0 radical (unpaired) electrons. The monoisotopic (exact) mass is 194 g/mol. The van der Waals surface area contributed by atoms with Crippen molar-refractivity contribution in [2.45, 2.75) is 71.6 Å². The fourth-order valence-electron chi connectivity index (χ4n) is 2.45. The molecule has 0 aromatic carbocycles. The van der Waals surface area contributed by atoms with Crippen molar-refractivity contribution in [2.24, 2.45) is 5.92 Å². The van der Waals surface area contributed by atoms with E-state index in [2.05, 4.69) is 19.9 Å². The summed E-state index contributed by atoms with van der Waals surface area (Å²) in [6.07, 6.45) is 15.1. The lowest BCUT2D eigenvalue weighted by Crippen LogP contribution is -1.98. The number of rotatable bonds is 6. The van der Waals surface area contributed by atoms with Gasteiger partial charge in [0.05, 0.1) is 0 Å². The molecule has 0 amide bonds. The van der Waals surface area contributed by atoms with E-state index >= 15 is 0 Å². The van der Waals surface area contributed by atoms with Gasteiger partial charge in [-0.3, -0.25) is 0 Å². The molecule has 1 rings (SSSR count). The van der Waals surface area contributed by atoms with Crippen molar-refractivity contribution < 1.29 is 0 Å². The van der Waals surface area contributed by atoms with Gasteiger partial charge in [0.25, 0.3) is 0 Å². The standard InChI is InChI=1S/C14H26/c1-3-13(4-2)11-8-12-14-9-6-5-7-10-14/h9,13H,3-8,10-12H2,1-2H3. The van der Waals surface area contributed by atoms with Crippen LogP contribution in [0.2, 0.25) is 0 Å². The van der Waals surface area contributed by atoms with Gasteiger partial charge in [0.1, 0.15) is 0 Å². The maximum atomic E-state index is 2.50. The maximum Gasteiger partial charge on any atom is -0.0320 e. The molecule has 0 aromatic rings. The highest BCUT2D eigenvalue weighted by Crippen LogP contribution is 2.24. The van der Waals surface area contributed by atoms with Gasteiger partial charge >= 0.3 is 0 Å². The van der Waals surface area contributed by atoms with Crippen molar-refractivity contribution in [1.82, 2.24) is 0 Å². The van der Waals surface area contributed by atoms with Crippen molar-refractivity contribution in [3.05, 3.63) is 11.6 Å². The van der Waals surface area contributed by atoms with E-state index in [-0.39, 0.29) is 0 Å². The Morgan fingerprint density at radius 3 is 2.57 bits per heavy atom. The largest absolute Gasteiger partial charge is 0.0853 e. The van der Waals surface area contributed by atoms with Gasteiger partial charge in [-0.25, -0.2) is 0 Å². The maximum absolute atomic E-state index is 2.50. The summed E-state index contributed by atoms with van der Waals surface area (Å²) in [7, 11) is 0. The molecule has 0 saturated carbocycles. The quantitative estimate of drug-likeness (QED) is 0.516. The molecule has 0 unspecified atom stereocenters. The van der Waals surface area contributed by atoms with E-state index < -0.39 is 0 Å². The van der Waals surface area contributed by atoms with Crippen molar-refractivity contribution in [3.63, 3.8) is 0 Å². The van der Waals surface area contributed by atoms with Gasteiger partial charge in [-0.05, 0) is 44.4 Å². The molecule has 0 fully saturated rings. The molecule has 1 aliphatic carbocycles. The Labute approximate surface area is 89.8 Å². The third-order valence-electron chi connectivity index (χ3n) is 3.65. The highest BCUT2D eigenvalue weighted by molar-refractivity contribution is 5.04.